The Balaban J connectivity index is 1.56. The Morgan fingerprint density at radius 3 is 2.47 bits per heavy atom. The molecule has 30 heavy (non-hydrogen) atoms. The van der Waals surface area contributed by atoms with Gasteiger partial charge in [0.05, 0.1) is 16.2 Å². The lowest BCUT2D eigenvalue weighted by molar-refractivity contribution is -0.384. The van der Waals surface area contributed by atoms with Crippen LogP contribution in [0.4, 0.5) is 20.2 Å². The molecule has 8 heteroatoms. The molecular formula is C22H23F2N3O3. The third kappa shape index (κ3) is 3.99. The van der Waals surface area contributed by atoms with Crippen molar-refractivity contribution in [2.75, 3.05) is 18.0 Å². The molecule has 2 fully saturated rings. The number of carbonyl (C=O) groups excluding carboxylic acids is 1. The highest BCUT2D eigenvalue weighted by Crippen LogP contribution is 2.43. The molecular weight excluding hydrogens is 392 g/mol. The summed E-state index contributed by atoms with van der Waals surface area (Å²) in [4.78, 5) is 25.8. The Kier molecular flexibility index (Phi) is 5.40. The highest BCUT2D eigenvalue weighted by Gasteiger charge is 2.43. The SMILES string of the molecule is CC1CCN(c2ccc([N+](=O)[O-])cc2C(=O)N[C@@H]2C[C@@H]2c2c(F)cccc2F)CC1. The van der Waals surface area contributed by atoms with Gasteiger partial charge >= 0.3 is 0 Å². The number of halogens is 2. The van der Waals surface area contributed by atoms with Crippen LogP contribution < -0.4 is 10.2 Å². The normalized spacial score (nSPS) is 21.4. The van der Waals surface area contributed by atoms with Gasteiger partial charge in [0.2, 0.25) is 0 Å². The molecule has 1 aliphatic heterocycles. The monoisotopic (exact) mass is 415 g/mol. The van der Waals surface area contributed by atoms with Gasteiger partial charge < -0.3 is 10.2 Å². The van der Waals surface area contributed by atoms with E-state index in [9.17, 15) is 23.7 Å². The van der Waals surface area contributed by atoms with Crippen LogP contribution >= 0.6 is 0 Å². The number of rotatable bonds is 5. The van der Waals surface area contributed by atoms with Gasteiger partial charge in [0, 0.05) is 42.7 Å². The number of nitro benzene ring substituents is 1. The number of amides is 1. The molecule has 2 aliphatic rings. The number of hydrogen-bond donors (Lipinski definition) is 1. The van der Waals surface area contributed by atoms with E-state index in [4.69, 9.17) is 0 Å². The van der Waals surface area contributed by atoms with Gasteiger partial charge in [-0.25, -0.2) is 8.78 Å². The number of nitrogens with one attached hydrogen (secondary N) is 1. The molecule has 6 nitrogen and oxygen atoms in total. The van der Waals surface area contributed by atoms with Crippen LogP contribution in [0, 0.1) is 27.7 Å². The standard InChI is InChI=1S/C22H23F2N3O3/c1-13-7-9-26(10-8-13)20-6-5-14(27(29)30)11-16(20)22(28)25-19-12-15(19)21-17(23)3-2-4-18(21)24/h2-6,11,13,15,19H,7-10,12H2,1H3,(H,25,28)/t15-,19+/m0/s1. The van der Waals surface area contributed by atoms with Crippen LogP contribution in [0.25, 0.3) is 0 Å². The number of benzene rings is 2. The molecule has 2 aromatic rings. The molecule has 158 valence electrons. The van der Waals surface area contributed by atoms with Gasteiger partial charge in [0.1, 0.15) is 11.6 Å². The van der Waals surface area contributed by atoms with Crippen molar-refractivity contribution in [3.8, 4) is 0 Å². The van der Waals surface area contributed by atoms with Gasteiger partial charge in [-0.15, -0.1) is 0 Å². The maximum atomic E-state index is 14.0. The molecule has 4 rings (SSSR count). The van der Waals surface area contributed by atoms with Crippen molar-refractivity contribution in [1.82, 2.24) is 5.32 Å². The predicted molar refractivity (Wildman–Crippen MR) is 109 cm³/mol. The largest absolute Gasteiger partial charge is 0.371 e. The zero-order valence-electron chi connectivity index (χ0n) is 16.6. The molecule has 1 saturated carbocycles. The third-order valence-corrected chi connectivity index (χ3v) is 6.04. The van der Waals surface area contributed by atoms with E-state index >= 15 is 0 Å². The fourth-order valence-electron chi connectivity index (χ4n) is 4.13. The Hall–Kier alpha value is -3.03. The number of anilines is 1. The Morgan fingerprint density at radius 2 is 1.83 bits per heavy atom. The summed E-state index contributed by atoms with van der Waals surface area (Å²) in [7, 11) is 0. The van der Waals surface area contributed by atoms with E-state index < -0.39 is 34.4 Å². The lowest BCUT2D eigenvalue weighted by Crippen LogP contribution is -2.35. The van der Waals surface area contributed by atoms with E-state index in [1.54, 1.807) is 6.07 Å². The first-order valence-corrected chi connectivity index (χ1v) is 10.1. The van der Waals surface area contributed by atoms with Crippen LogP contribution in [0.1, 0.15) is 48.0 Å². The Labute approximate surface area is 173 Å². The highest BCUT2D eigenvalue weighted by molar-refractivity contribution is 6.01. The Morgan fingerprint density at radius 1 is 1.17 bits per heavy atom. The van der Waals surface area contributed by atoms with Crippen molar-refractivity contribution in [3.63, 3.8) is 0 Å². The maximum absolute atomic E-state index is 14.0. The summed E-state index contributed by atoms with van der Waals surface area (Å²) < 4.78 is 28.0. The van der Waals surface area contributed by atoms with Gasteiger partial charge in [-0.2, -0.15) is 0 Å². The van der Waals surface area contributed by atoms with Crippen LogP contribution in [0.15, 0.2) is 36.4 Å². The average molecular weight is 415 g/mol. The molecule has 0 spiro atoms. The minimum atomic E-state index is -0.629. The van der Waals surface area contributed by atoms with Gasteiger partial charge in [-0.05, 0) is 43.4 Å². The van der Waals surface area contributed by atoms with E-state index in [2.05, 4.69) is 17.1 Å². The Bertz CT molecular complexity index is 969. The van der Waals surface area contributed by atoms with Crippen molar-refractivity contribution in [3.05, 3.63) is 69.3 Å². The fraction of sp³-hybridized carbons (Fsp3) is 0.409. The van der Waals surface area contributed by atoms with Crippen LogP contribution in [-0.2, 0) is 0 Å². The smallest absolute Gasteiger partial charge is 0.270 e. The molecule has 0 radical (unpaired) electrons. The molecule has 1 N–H and O–H groups in total. The molecule has 1 aliphatic carbocycles. The maximum Gasteiger partial charge on any atom is 0.270 e. The predicted octanol–water partition coefficient (Wildman–Crippen LogP) is 4.40. The van der Waals surface area contributed by atoms with Gasteiger partial charge in [0.15, 0.2) is 0 Å². The highest BCUT2D eigenvalue weighted by atomic mass is 19.1. The molecule has 1 heterocycles. The summed E-state index contributed by atoms with van der Waals surface area (Å²) in [5, 5.41) is 14.0. The summed E-state index contributed by atoms with van der Waals surface area (Å²) >= 11 is 0. The third-order valence-electron chi connectivity index (χ3n) is 6.04. The van der Waals surface area contributed by atoms with E-state index in [0.717, 1.165) is 25.9 Å². The number of piperidine rings is 1. The lowest BCUT2D eigenvalue weighted by atomic mass is 9.98. The average Bonchev–Trinajstić information content (AvgIpc) is 3.46. The second-order valence-corrected chi connectivity index (χ2v) is 8.19. The van der Waals surface area contributed by atoms with Crippen LogP contribution in [0.2, 0.25) is 0 Å². The number of hydrogen-bond acceptors (Lipinski definition) is 4. The van der Waals surface area contributed by atoms with Crippen molar-refractivity contribution in [2.24, 2.45) is 5.92 Å². The topological polar surface area (TPSA) is 75.5 Å². The fourth-order valence-corrected chi connectivity index (χ4v) is 4.13. The van der Waals surface area contributed by atoms with Gasteiger partial charge in [-0.3, -0.25) is 14.9 Å². The number of nitrogens with zero attached hydrogens (tertiary/aromatic N) is 2. The first-order chi connectivity index (χ1) is 14.3. The second-order valence-electron chi connectivity index (χ2n) is 8.19. The minimum Gasteiger partial charge on any atom is -0.371 e. The zero-order valence-corrected chi connectivity index (χ0v) is 16.6. The second kappa shape index (κ2) is 8.01. The summed E-state index contributed by atoms with van der Waals surface area (Å²) in [6, 6.07) is 7.60. The van der Waals surface area contributed by atoms with Crippen molar-refractivity contribution in [1.29, 1.82) is 0 Å². The first kappa shape index (κ1) is 20.3. The zero-order chi connectivity index (χ0) is 21.4. The van der Waals surface area contributed by atoms with Crippen LogP contribution in [0.3, 0.4) is 0 Å². The molecule has 1 saturated heterocycles. The first-order valence-electron chi connectivity index (χ1n) is 10.1. The van der Waals surface area contributed by atoms with Crippen LogP contribution in [-0.4, -0.2) is 30.0 Å². The quantitative estimate of drug-likeness (QED) is 0.580. The summed E-state index contributed by atoms with van der Waals surface area (Å²) in [5.41, 5.74) is 0.687. The summed E-state index contributed by atoms with van der Waals surface area (Å²) in [5.74, 6) is -1.56. The molecule has 2 aromatic carbocycles. The van der Waals surface area contributed by atoms with Crippen LogP contribution in [0.5, 0.6) is 0 Å². The lowest BCUT2D eigenvalue weighted by Gasteiger charge is -2.33. The summed E-state index contributed by atoms with van der Waals surface area (Å²) in [6.45, 7) is 3.72. The van der Waals surface area contributed by atoms with E-state index in [1.165, 1.54) is 30.3 Å². The van der Waals surface area contributed by atoms with E-state index in [1.807, 2.05) is 0 Å². The molecule has 0 bridgehead atoms. The van der Waals surface area contributed by atoms with Gasteiger partial charge in [-0.1, -0.05) is 13.0 Å². The number of carbonyl (C=O) groups is 1. The van der Waals surface area contributed by atoms with Crippen molar-refractivity contribution >= 4 is 17.3 Å². The van der Waals surface area contributed by atoms with Gasteiger partial charge in [0.25, 0.3) is 11.6 Å². The molecule has 0 unspecified atom stereocenters. The molecule has 0 aromatic heterocycles. The minimum absolute atomic E-state index is 0.0212. The molecule has 2 atom stereocenters. The van der Waals surface area contributed by atoms with E-state index in [0.29, 0.717) is 18.0 Å². The van der Waals surface area contributed by atoms with Crippen molar-refractivity contribution < 1.29 is 18.5 Å². The van der Waals surface area contributed by atoms with E-state index in [-0.39, 0.29) is 16.8 Å². The number of non-ortho nitro benzene ring substituents is 1. The van der Waals surface area contributed by atoms with Crippen molar-refractivity contribution in [2.45, 2.75) is 38.1 Å². The molecule has 1 amide bonds. The number of nitro groups is 1. The summed E-state index contributed by atoms with van der Waals surface area (Å²) in [6.07, 6.45) is 2.39.